The number of aliphatic hydroxyl groups is 1. The number of anilines is 1. The Morgan fingerprint density at radius 1 is 1.06 bits per heavy atom. The van der Waals surface area contributed by atoms with E-state index in [0.29, 0.717) is 6.54 Å². The first-order chi connectivity index (χ1) is 16.4. The molecule has 0 spiro atoms. The highest BCUT2D eigenvalue weighted by Gasteiger charge is 2.33. The topological polar surface area (TPSA) is 81.7 Å². The molecule has 2 amide bonds. The molecule has 1 aliphatic heterocycles. The van der Waals surface area contributed by atoms with Crippen molar-refractivity contribution in [1.82, 2.24) is 10.2 Å². The van der Waals surface area contributed by atoms with Gasteiger partial charge in [0, 0.05) is 29.9 Å². The van der Waals surface area contributed by atoms with Gasteiger partial charge in [-0.3, -0.25) is 9.59 Å². The lowest BCUT2D eigenvalue weighted by Gasteiger charge is -2.26. The first-order valence-corrected chi connectivity index (χ1v) is 12.7. The van der Waals surface area contributed by atoms with Crippen molar-refractivity contribution >= 4 is 23.1 Å². The van der Waals surface area contributed by atoms with Crippen LogP contribution in [0.1, 0.15) is 64.9 Å². The molecular weight excluding hydrogens is 426 g/mol. The predicted molar refractivity (Wildman–Crippen MR) is 136 cm³/mol. The molecule has 0 aromatic heterocycles. The van der Waals surface area contributed by atoms with E-state index >= 15 is 0 Å². The predicted octanol–water partition coefficient (Wildman–Crippen LogP) is 4.19. The fourth-order valence-electron chi connectivity index (χ4n) is 5.58. The summed E-state index contributed by atoms with van der Waals surface area (Å²) in [5.74, 6) is -0.145. The lowest BCUT2D eigenvalue weighted by Crippen LogP contribution is -2.40. The number of nitrogens with zero attached hydrogens (tertiary/aromatic N) is 1. The van der Waals surface area contributed by atoms with E-state index in [4.69, 9.17) is 0 Å². The first kappa shape index (κ1) is 24.4. The molecule has 0 fully saturated rings. The smallest absolute Gasteiger partial charge is 0.256 e. The Kier molecular flexibility index (Phi) is 7.69. The van der Waals surface area contributed by atoms with Gasteiger partial charge in [0.25, 0.3) is 11.8 Å². The summed E-state index contributed by atoms with van der Waals surface area (Å²) >= 11 is 0. The molecule has 6 nitrogen and oxygen atoms in total. The maximum Gasteiger partial charge on any atom is 0.256 e. The fourth-order valence-corrected chi connectivity index (χ4v) is 5.58. The molecule has 1 unspecified atom stereocenters. The summed E-state index contributed by atoms with van der Waals surface area (Å²) in [5.41, 5.74) is 7.85. The molecule has 0 saturated carbocycles. The van der Waals surface area contributed by atoms with Crippen LogP contribution in [0.3, 0.4) is 0 Å². The molecule has 2 aliphatic carbocycles. The third kappa shape index (κ3) is 4.89. The third-order valence-corrected chi connectivity index (χ3v) is 7.35. The Balaban J connectivity index is 1.64. The van der Waals surface area contributed by atoms with Crippen molar-refractivity contribution in [1.29, 1.82) is 0 Å². The number of hydrogen-bond donors (Lipinski definition) is 3. The number of likely N-dealkylation sites (N-methyl/N-ethyl adjacent to an activating group) is 1. The van der Waals surface area contributed by atoms with Crippen LogP contribution in [0.5, 0.6) is 0 Å². The van der Waals surface area contributed by atoms with Gasteiger partial charge in [-0.2, -0.15) is 0 Å². The molecule has 0 saturated heterocycles. The Labute approximate surface area is 202 Å². The van der Waals surface area contributed by atoms with Gasteiger partial charge in [-0.15, -0.1) is 0 Å². The molecule has 3 aliphatic rings. The van der Waals surface area contributed by atoms with Gasteiger partial charge in [-0.1, -0.05) is 37.6 Å². The zero-order valence-corrected chi connectivity index (χ0v) is 20.7. The van der Waals surface area contributed by atoms with Crippen molar-refractivity contribution in [2.75, 3.05) is 31.5 Å². The molecule has 0 radical (unpaired) electrons. The Morgan fingerprint density at radius 3 is 2.50 bits per heavy atom. The summed E-state index contributed by atoms with van der Waals surface area (Å²) in [6, 6.07) is 7.86. The summed E-state index contributed by atoms with van der Waals surface area (Å²) < 4.78 is 0. The molecule has 1 aromatic rings. The van der Waals surface area contributed by atoms with Crippen LogP contribution < -0.4 is 10.6 Å². The SMILES string of the molecule is CCN(CC)CC(O)CNC(=O)C1=C(C)CCCC2=C1CCC/C2=C1/C(=O)Nc2ccccc21. The number of fused-ring (bicyclic) bond motifs is 1. The summed E-state index contributed by atoms with van der Waals surface area (Å²) in [5, 5.41) is 16.5. The van der Waals surface area contributed by atoms with E-state index in [9.17, 15) is 14.7 Å². The number of rotatable bonds is 7. The Morgan fingerprint density at radius 2 is 1.74 bits per heavy atom. The number of aliphatic hydroxyl groups excluding tert-OH is 1. The van der Waals surface area contributed by atoms with E-state index in [1.54, 1.807) is 0 Å². The van der Waals surface area contributed by atoms with Gasteiger partial charge in [0.1, 0.15) is 0 Å². The molecule has 3 N–H and O–H groups in total. The molecule has 0 bridgehead atoms. The zero-order valence-electron chi connectivity index (χ0n) is 20.7. The minimum atomic E-state index is -0.605. The quantitative estimate of drug-likeness (QED) is 0.530. The average molecular weight is 464 g/mol. The summed E-state index contributed by atoms with van der Waals surface area (Å²) in [7, 11) is 0. The molecule has 4 rings (SSSR count). The standard InChI is InChI=1S/C28H37N3O3/c1-4-31(5-2)17-19(32)16-29-27(33)25-18(3)10-8-12-20-21(25)13-9-14-22(20)26-23-11-6-7-15-24(23)30-28(26)34/h6-7,11,15,19,32H,4-5,8-10,12-14,16-17H2,1-3H3,(H,29,33)(H,30,34)/b26-22-. The van der Waals surface area contributed by atoms with Crippen LogP contribution in [0, 0.1) is 0 Å². The van der Waals surface area contributed by atoms with E-state index < -0.39 is 6.10 Å². The maximum absolute atomic E-state index is 13.4. The molecule has 6 heteroatoms. The van der Waals surface area contributed by atoms with Gasteiger partial charge in [0.2, 0.25) is 0 Å². The summed E-state index contributed by atoms with van der Waals surface area (Å²) in [4.78, 5) is 28.5. The summed E-state index contributed by atoms with van der Waals surface area (Å²) in [6.45, 7) is 8.71. The first-order valence-electron chi connectivity index (χ1n) is 12.7. The lowest BCUT2D eigenvalue weighted by molar-refractivity contribution is -0.117. The molecular formula is C28H37N3O3. The van der Waals surface area contributed by atoms with Crippen molar-refractivity contribution in [2.24, 2.45) is 0 Å². The van der Waals surface area contributed by atoms with Gasteiger partial charge in [0.15, 0.2) is 0 Å². The van der Waals surface area contributed by atoms with Crippen LogP contribution in [0.4, 0.5) is 5.69 Å². The molecule has 182 valence electrons. The normalized spacial score (nSPS) is 21.3. The van der Waals surface area contributed by atoms with Crippen molar-refractivity contribution in [3.05, 3.63) is 57.7 Å². The van der Waals surface area contributed by atoms with Crippen molar-refractivity contribution in [3.8, 4) is 0 Å². The van der Waals surface area contributed by atoms with E-state index in [1.807, 2.05) is 24.3 Å². The number of amides is 2. The number of allylic oxidation sites excluding steroid dienone is 3. The largest absolute Gasteiger partial charge is 0.390 e. The number of carbonyl (C=O) groups is 2. The second-order valence-corrected chi connectivity index (χ2v) is 9.52. The average Bonchev–Trinajstić information content (AvgIpc) is 3.06. The molecule has 1 aromatic carbocycles. The van der Waals surface area contributed by atoms with Gasteiger partial charge in [-0.05, 0) is 81.3 Å². The number of hydrogen-bond acceptors (Lipinski definition) is 4. The zero-order chi connectivity index (χ0) is 24.2. The second-order valence-electron chi connectivity index (χ2n) is 9.52. The van der Waals surface area contributed by atoms with E-state index in [1.165, 1.54) is 5.57 Å². The van der Waals surface area contributed by atoms with Crippen LogP contribution in [-0.2, 0) is 9.59 Å². The Bertz CT molecular complexity index is 1060. The van der Waals surface area contributed by atoms with Crippen LogP contribution in [0.15, 0.2) is 52.1 Å². The Hall–Kier alpha value is -2.70. The third-order valence-electron chi connectivity index (χ3n) is 7.35. The molecule has 1 atom stereocenters. The van der Waals surface area contributed by atoms with Crippen LogP contribution >= 0.6 is 0 Å². The van der Waals surface area contributed by atoms with Gasteiger partial charge in [-0.25, -0.2) is 0 Å². The number of carbonyl (C=O) groups excluding carboxylic acids is 2. The minimum Gasteiger partial charge on any atom is -0.390 e. The van der Waals surface area contributed by atoms with Crippen LogP contribution in [0.2, 0.25) is 0 Å². The minimum absolute atomic E-state index is 0.0413. The van der Waals surface area contributed by atoms with Gasteiger partial charge < -0.3 is 20.6 Å². The van der Waals surface area contributed by atoms with Crippen molar-refractivity contribution < 1.29 is 14.7 Å². The summed E-state index contributed by atoms with van der Waals surface area (Å²) in [6.07, 6.45) is 4.72. The highest BCUT2D eigenvalue weighted by atomic mass is 16.3. The fraction of sp³-hybridized carbons (Fsp3) is 0.500. The highest BCUT2D eigenvalue weighted by Crippen LogP contribution is 2.45. The van der Waals surface area contributed by atoms with Gasteiger partial charge in [0.05, 0.1) is 11.7 Å². The number of benzene rings is 1. The van der Waals surface area contributed by atoms with Gasteiger partial charge >= 0.3 is 0 Å². The number of para-hydroxylation sites is 1. The van der Waals surface area contributed by atoms with E-state index in [-0.39, 0.29) is 18.4 Å². The van der Waals surface area contributed by atoms with E-state index in [2.05, 4.69) is 36.3 Å². The lowest BCUT2D eigenvalue weighted by atomic mass is 9.79. The van der Waals surface area contributed by atoms with Crippen molar-refractivity contribution in [3.63, 3.8) is 0 Å². The second kappa shape index (κ2) is 10.7. The molecule has 34 heavy (non-hydrogen) atoms. The highest BCUT2D eigenvalue weighted by molar-refractivity contribution is 6.32. The number of nitrogens with one attached hydrogen (secondary N) is 2. The monoisotopic (exact) mass is 463 g/mol. The van der Waals surface area contributed by atoms with Crippen molar-refractivity contribution in [2.45, 2.75) is 65.4 Å². The molecule has 1 heterocycles. The van der Waals surface area contributed by atoms with Crippen LogP contribution in [0.25, 0.3) is 5.57 Å². The maximum atomic E-state index is 13.4. The van der Waals surface area contributed by atoms with Crippen LogP contribution in [-0.4, -0.2) is 54.1 Å². The van der Waals surface area contributed by atoms with E-state index in [0.717, 1.165) is 90.7 Å².